The van der Waals surface area contributed by atoms with Crippen LogP contribution < -0.4 is 10.3 Å². The summed E-state index contributed by atoms with van der Waals surface area (Å²) in [5, 5.41) is 0. The van der Waals surface area contributed by atoms with Crippen LogP contribution in [-0.2, 0) is 16.1 Å². The predicted molar refractivity (Wildman–Crippen MR) is 58.5 cm³/mol. The number of nitrogens with zero attached hydrogens (tertiary/aromatic N) is 1. The molecule has 0 aliphatic carbocycles. The fraction of sp³-hybridized carbons (Fsp3) is 0.455. The average Bonchev–Trinajstić information content (AvgIpc) is 2.28. The lowest BCUT2D eigenvalue weighted by molar-refractivity contribution is -0.143. The molecular formula is C11H15NO4. The van der Waals surface area contributed by atoms with Crippen LogP contribution in [0.15, 0.2) is 23.1 Å². The zero-order valence-corrected chi connectivity index (χ0v) is 9.43. The van der Waals surface area contributed by atoms with Crippen molar-refractivity contribution in [1.29, 1.82) is 0 Å². The van der Waals surface area contributed by atoms with Crippen LogP contribution >= 0.6 is 0 Å². The standard InChI is InChI=1S/C11H15NO4/c1-3-16-10(13)6-8-12-7-4-5-9(15-2)11(12)14/h4-5,7H,3,6,8H2,1-2H3. The number of esters is 1. The second kappa shape index (κ2) is 5.95. The van der Waals surface area contributed by atoms with E-state index in [2.05, 4.69) is 0 Å². The number of methoxy groups -OCH3 is 1. The number of ether oxygens (including phenoxy) is 2. The first-order chi connectivity index (χ1) is 7.69. The molecule has 0 aliphatic rings. The molecule has 1 rings (SSSR count). The van der Waals surface area contributed by atoms with Crippen molar-refractivity contribution in [3.05, 3.63) is 28.7 Å². The summed E-state index contributed by atoms with van der Waals surface area (Å²) >= 11 is 0. The Labute approximate surface area is 93.6 Å². The number of aromatic nitrogens is 1. The summed E-state index contributed by atoms with van der Waals surface area (Å²) < 4.78 is 11.1. The van der Waals surface area contributed by atoms with Crippen LogP contribution in [0.25, 0.3) is 0 Å². The van der Waals surface area contributed by atoms with Crippen molar-refractivity contribution in [3.8, 4) is 5.75 Å². The second-order valence-corrected chi connectivity index (χ2v) is 3.13. The first kappa shape index (κ1) is 12.3. The summed E-state index contributed by atoms with van der Waals surface area (Å²) in [4.78, 5) is 22.8. The van der Waals surface area contributed by atoms with Gasteiger partial charge in [0.1, 0.15) is 0 Å². The van der Waals surface area contributed by atoms with Crippen LogP contribution in [0.3, 0.4) is 0 Å². The molecule has 0 atom stereocenters. The normalized spacial score (nSPS) is 9.88. The zero-order valence-electron chi connectivity index (χ0n) is 9.43. The number of carbonyl (C=O) groups excluding carboxylic acids is 1. The maximum atomic E-state index is 11.7. The van der Waals surface area contributed by atoms with Gasteiger partial charge in [0, 0.05) is 12.7 Å². The van der Waals surface area contributed by atoms with E-state index in [0.29, 0.717) is 13.2 Å². The SMILES string of the molecule is CCOC(=O)CCn1cccc(OC)c1=O. The predicted octanol–water partition coefficient (Wildman–Crippen LogP) is 0.810. The molecule has 0 aliphatic heterocycles. The first-order valence-corrected chi connectivity index (χ1v) is 5.08. The number of hydrogen-bond acceptors (Lipinski definition) is 4. The Hall–Kier alpha value is -1.78. The van der Waals surface area contributed by atoms with Crippen LogP contribution in [0.2, 0.25) is 0 Å². The minimum atomic E-state index is -0.308. The van der Waals surface area contributed by atoms with E-state index in [1.54, 1.807) is 25.3 Å². The number of rotatable bonds is 5. The zero-order chi connectivity index (χ0) is 12.0. The first-order valence-electron chi connectivity index (χ1n) is 5.08. The van der Waals surface area contributed by atoms with Crippen molar-refractivity contribution in [1.82, 2.24) is 4.57 Å². The molecule has 0 N–H and O–H groups in total. The number of pyridine rings is 1. The van der Waals surface area contributed by atoms with Gasteiger partial charge >= 0.3 is 5.97 Å². The lowest BCUT2D eigenvalue weighted by Gasteiger charge is -2.06. The van der Waals surface area contributed by atoms with E-state index in [0.717, 1.165) is 0 Å². The molecule has 5 nitrogen and oxygen atoms in total. The summed E-state index contributed by atoms with van der Waals surface area (Å²) in [5.41, 5.74) is -0.241. The number of hydrogen-bond donors (Lipinski definition) is 0. The Morgan fingerprint density at radius 3 is 2.88 bits per heavy atom. The summed E-state index contributed by atoms with van der Waals surface area (Å²) in [6, 6.07) is 3.29. The Morgan fingerprint density at radius 1 is 1.50 bits per heavy atom. The van der Waals surface area contributed by atoms with Gasteiger partial charge in [-0.25, -0.2) is 0 Å². The molecular weight excluding hydrogens is 210 g/mol. The molecule has 0 fully saturated rings. The van der Waals surface area contributed by atoms with E-state index in [-0.39, 0.29) is 23.7 Å². The van der Waals surface area contributed by atoms with Gasteiger partial charge in [-0.15, -0.1) is 0 Å². The van der Waals surface area contributed by atoms with Crippen LogP contribution in [-0.4, -0.2) is 24.3 Å². The van der Waals surface area contributed by atoms with E-state index >= 15 is 0 Å². The topological polar surface area (TPSA) is 57.5 Å². The third-order valence-corrected chi connectivity index (χ3v) is 2.07. The van der Waals surface area contributed by atoms with Crippen LogP contribution in [0.1, 0.15) is 13.3 Å². The van der Waals surface area contributed by atoms with Gasteiger partial charge in [-0.3, -0.25) is 9.59 Å². The lowest BCUT2D eigenvalue weighted by atomic mass is 10.4. The van der Waals surface area contributed by atoms with Crippen molar-refractivity contribution in [2.45, 2.75) is 19.9 Å². The summed E-state index contributed by atoms with van der Waals surface area (Å²) in [5.74, 6) is -0.0384. The summed E-state index contributed by atoms with van der Waals surface area (Å²) in [6.07, 6.45) is 1.80. The van der Waals surface area contributed by atoms with Gasteiger partial charge in [0.2, 0.25) is 0 Å². The Morgan fingerprint density at radius 2 is 2.25 bits per heavy atom. The highest BCUT2D eigenvalue weighted by Gasteiger charge is 2.05. The van der Waals surface area contributed by atoms with Gasteiger partial charge in [-0.1, -0.05) is 0 Å². The van der Waals surface area contributed by atoms with Gasteiger partial charge in [0.25, 0.3) is 5.56 Å². The van der Waals surface area contributed by atoms with Gasteiger partial charge in [0.15, 0.2) is 5.75 Å². The minimum Gasteiger partial charge on any atom is -0.491 e. The third-order valence-electron chi connectivity index (χ3n) is 2.07. The maximum Gasteiger partial charge on any atom is 0.307 e. The van der Waals surface area contributed by atoms with E-state index in [1.807, 2.05) is 0 Å². The largest absolute Gasteiger partial charge is 0.491 e. The molecule has 0 radical (unpaired) electrons. The lowest BCUT2D eigenvalue weighted by Crippen LogP contribution is -2.22. The van der Waals surface area contributed by atoms with Gasteiger partial charge < -0.3 is 14.0 Å². The molecule has 88 valence electrons. The smallest absolute Gasteiger partial charge is 0.307 e. The maximum absolute atomic E-state index is 11.7. The molecule has 0 saturated carbocycles. The van der Waals surface area contributed by atoms with E-state index < -0.39 is 0 Å². The van der Waals surface area contributed by atoms with E-state index in [4.69, 9.17) is 9.47 Å². The monoisotopic (exact) mass is 225 g/mol. The van der Waals surface area contributed by atoms with Crippen molar-refractivity contribution in [3.63, 3.8) is 0 Å². The van der Waals surface area contributed by atoms with Crippen molar-refractivity contribution in [2.75, 3.05) is 13.7 Å². The highest BCUT2D eigenvalue weighted by molar-refractivity contribution is 5.69. The van der Waals surface area contributed by atoms with Crippen molar-refractivity contribution < 1.29 is 14.3 Å². The fourth-order valence-corrected chi connectivity index (χ4v) is 1.29. The fourth-order valence-electron chi connectivity index (χ4n) is 1.29. The van der Waals surface area contributed by atoms with E-state index in [1.165, 1.54) is 11.7 Å². The molecule has 1 heterocycles. The molecule has 0 amide bonds. The number of aryl methyl sites for hydroxylation is 1. The molecule has 0 bridgehead atoms. The highest BCUT2D eigenvalue weighted by atomic mass is 16.5. The van der Waals surface area contributed by atoms with Crippen LogP contribution in [0.4, 0.5) is 0 Å². The van der Waals surface area contributed by atoms with Crippen LogP contribution in [0, 0.1) is 0 Å². The van der Waals surface area contributed by atoms with Gasteiger partial charge in [-0.2, -0.15) is 0 Å². The molecule has 5 heteroatoms. The quantitative estimate of drug-likeness (QED) is 0.696. The molecule has 1 aromatic heterocycles. The average molecular weight is 225 g/mol. The van der Waals surface area contributed by atoms with E-state index in [9.17, 15) is 9.59 Å². The Kier molecular flexibility index (Phi) is 4.57. The Balaban J connectivity index is 2.67. The molecule has 0 unspecified atom stereocenters. The van der Waals surface area contributed by atoms with Crippen LogP contribution in [0.5, 0.6) is 5.75 Å². The highest BCUT2D eigenvalue weighted by Crippen LogP contribution is 2.01. The molecule has 0 saturated heterocycles. The molecule has 0 aromatic carbocycles. The molecule has 16 heavy (non-hydrogen) atoms. The Bertz CT molecular complexity index is 411. The second-order valence-electron chi connectivity index (χ2n) is 3.13. The summed E-state index contributed by atoms with van der Waals surface area (Å²) in [7, 11) is 1.44. The van der Waals surface area contributed by atoms with Crippen molar-refractivity contribution >= 4 is 5.97 Å². The van der Waals surface area contributed by atoms with Crippen molar-refractivity contribution in [2.24, 2.45) is 0 Å². The molecule has 0 spiro atoms. The number of carbonyl (C=O) groups is 1. The third kappa shape index (κ3) is 3.12. The van der Waals surface area contributed by atoms with Gasteiger partial charge in [-0.05, 0) is 19.1 Å². The molecule has 1 aromatic rings. The summed E-state index contributed by atoms with van der Waals surface area (Å²) in [6.45, 7) is 2.40. The minimum absolute atomic E-state index is 0.181. The van der Waals surface area contributed by atoms with Gasteiger partial charge in [0.05, 0.1) is 20.1 Å².